The Kier molecular flexibility index (Phi) is 5.10. The fraction of sp³-hybridized carbons (Fsp3) is 0. The fourth-order valence-electron chi connectivity index (χ4n) is 4.29. The number of para-hydroxylation sites is 3. The first-order valence-electron chi connectivity index (χ1n) is 11.0. The molecule has 0 aliphatic carbocycles. The van der Waals surface area contributed by atoms with Crippen molar-refractivity contribution in [2.45, 2.75) is 9.79 Å². The van der Waals surface area contributed by atoms with Crippen molar-refractivity contribution in [2.24, 2.45) is 0 Å². The van der Waals surface area contributed by atoms with Crippen molar-refractivity contribution in [2.75, 3.05) is 10.2 Å². The maximum atomic E-state index is 3.62. The Morgan fingerprint density at radius 3 is 1.79 bits per heavy atom. The van der Waals surface area contributed by atoms with Gasteiger partial charge in [0.05, 0.1) is 11.4 Å². The van der Waals surface area contributed by atoms with E-state index in [9.17, 15) is 0 Å². The van der Waals surface area contributed by atoms with Gasteiger partial charge in [0.1, 0.15) is 0 Å². The van der Waals surface area contributed by atoms with E-state index in [2.05, 4.69) is 132 Å². The van der Waals surface area contributed by atoms with Crippen molar-refractivity contribution in [3.8, 4) is 11.1 Å². The van der Waals surface area contributed by atoms with Crippen LogP contribution in [0.2, 0.25) is 0 Å². The van der Waals surface area contributed by atoms with Gasteiger partial charge < -0.3 is 10.2 Å². The van der Waals surface area contributed by atoms with Gasteiger partial charge in [0.25, 0.3) is 0 Å². The van der Waals surface area contributed by atoms with Gasteiger partial charge in [-0.15, -0.1) is 0 Å². The summed E-state index contributed by atoms with van der Waals surface area (Å²) in [7, 11) is 0. The first-order valence-corrected chi connectivity index (χ1v) is 11.9. The maximum absolute atomic E-state index is 3.62. The summed E-state index contributed by atoms with van der Waals surface area (Å²) in [5.41, 5.74) is 8.15. The van der Waals surface area contributed by atoms with Crippen LogP contribution < -0.4 is 10.2 Å². The standard InChI is InChI=1S/C30H22N2S/c1-2-10-22(11-3-1)25-12-4-5-13-26(25)31-23-18-20-24(21-19-23)32-27-14-6-8-16-29(27)33-30-17-9-7-15-28(30)32/h1-21,31H. The van der Waals surface area contributed by atoms with Crippen LogP contribution in [0.15, 0.2) is 137 Å². The summed E-state index contributed by atoms with van der Waals surface area (Å²) in [6.07, 6.45) is 0. The van der Waals surface area contributed by atoms with Gasteiger partial charge in [-0.2, -0.15) is 0 Å². The average molecular weight is 443 g/mol. The van der Waals surface area contributed by atoms with Gasteiger partial charge in [-0.25, -0.2) is 0 Å². The van der Waals surface area contributed by atoms with E-state index >= 15 is 0 Å². The van der Waals surface area contributed by atoms with Gasteiger partial charge in [-0.05, 0) is 60.2 Å². The minimum absolute atomic E-state index is 1.06. The second-order valence-corrected chi connectivity index (χ2v) is 9.04. The first kappa shape index (κ1) is 19.7. The Bertz CT molecular complexity index is 1370. The summed E-state index contributed by atoms with van der Waals surface area (Å²) < 4.78 is 0. The van der Waals surface area contributed by atoms with Crippen LogP contribution in [0.1, 0.15) is 0 Å². The maximum Gasteiger partial charge on any atom is 0.0601 e. The van der Waals surface area contributed by atoms with Gasteiger partial charge in [-0.1, -0.05) is 84.6 Å². The number of nitrogens with one attached hydrogen (secondary N) is 1. The van der Waals surface area contributed by atoms with Crippen LogP contribution in [0, 0.1) is 0 Å². The second kappa shape index (κ2) is 8.53. The molecule has 0 saturated heterocycles. The van der Waals surface area contributed by atoms with Gasteiger partial charge in [0.15, 0.2) is 0 Å². The van der Waals surface area contributed by atoms with Crippen LogP contribution >= 0.6 is 11.8 Å². The third-order valence-electron chi connectivity index (χ3n) is 5.85. The highest BCUT2D eigenvalue weighted by atomic mass is 32.2. The number of anilines is 5. The van der Waals surface area contributed by atoms with Crippen LogP contribution in [0.5, 0.6) is 0 Å². The molecule has 0 aromatic heterocycles. The van der Waals surface area contributed by atoms with E-state index < -0.39 is 0 Å². The highest BCUT2D eigenvalue weighted by Gasteiger charge is 2.24. The third kappa shape index (κ3) is 3.77. The van der Waals surface area contributed by atoms with Crippen molar-refractivity contribution >= 4 is 40.2 Å². The smallest absolute Gasteiger partial charge is 0.0601 e. The Labute approximate surface area is 198 Å². The number of hydrogen-bond acceptors (Lipinski definition) is 3. The third-order valence-corrected chi connectivity index (χ3v) is 6.98. The summed E-state index contributed by atoms with van der Waals surface area (Å²) in [4.78, 5) is 4.90. The van der Waals surface area contributed by atoms with Crippen LogP contribution in [0.25, 0.3) is 11.1 Å². The monoisotopic (exact) mass is 442 g/mol. The minimum Gasteiger partial charge on any atom is -0.355 e. The molecule has 2 nitrogen and oxygen atoms in total. The normalized spacial score (nSPS) is 12.1. The van der Waals surface area contributed by atoms with Crippen LogP contribution in [-0.2, 0) is 0 Å². The van der Waals surface area contributed by atoms with E-state index in [1.54, 1.807) is 0 Å². The molecule has 0 atom stereocenters. The van der Waals surface area contributed by atoms with Crippen molar-refractivity contribution < 1.29 is 0 Å². The molecule has 1 aliphatic rings. The number of benzene rings is 5. The molecule has 5 aromatic rings. The number of rotatable bonds is 4. The molecule has 3 heteroatoms. The molecule has 1 N–H and O–H groups in total. The Balaban J connectivity index is 1.34. The summed E-state index contributed by atoms with van der Waals surface area (Å²) >= 11 is 1.83. The molecule has 0 unspecified atom stereocenters. The minimum atomic E-state index is 1.06. The molecule has 0 fully saturated rings. The first-order chi connectivity index (χ1) is 16.4. The van der Waals surface area contributed by atoms with Gasteiger partial charge in [0.2, 0.25) is 0 Å². The highest BCUT2D eigenvalue weighted by Crippen LogP contribution is 2.51. The average Bonchev–Trinajstić information content (AvgIpc) is 2.89. The van der Waals surface area contributed by atoms with Gasteiger partial charge in [-0.3, -0.25) is 0 Å². The SMILES string of the molecule is c1ccc(-c2ccccc2Nc2ccc(N3c4ccccc4Sc4ccccc43)cc2)cc1. The van der Waals surface area contributed by atoms with E-state index in [4.69, 9.17) is 0 Å². The fourth-order valence-corrected chi connectivity index (χ4v) is 5.35. The Hall–Kier alpha value is -3.95. The molecule has 33 heavy (non-hydrogen) atoms. The molecule has 0 spiro atoms. The summed E-state index contributed by atoms with van der Waals surface area (Å²) in [5, 5.41) is 3.62. The molecule has 5 aromatic carbocycles. The van der Waals surface area contributed by atoms with Gasteiger partial charge in [0, 0.05) is 32.4 Å². The zero-order valence-electron chi connectivity index (χ0n) is 18.0. The molecular formula is C30H22N2S. The van der Waals surface area contributed by atoms with Crippen LogP contribution in [0.4, 0.5) is 28.4 Å². The highest BCUT2D eigenvalue weighted by molar-refractivity contribution is 7.99. The van der Waals surface area contributed by atoms with Crippen LogP contribution in [-0.4, -0.2) is 0 Å². The Morgan fingerprint density at radius 1 is 0.515 bits per heavy atom. The topological polar surface area (TPSA) is 15.3 Å². The lowest BCUT2D eigenvalue weighted by Gasteiger charge is -2.32. The van der Waals surface area contributed by atoms with Crippen molar-refractivity contribution in [1.82, 2.24) is 0 Å². The number of fused-ring (bicyclic) bond motifs is 2. The summed E-state index contributed by atoms with van der Waals surface area (Å²) in [6.45, 7) is 0. The lowest BCUT2D eigenvalue weighted by molar-refractivity contribution is 1.17. The predicted octanol–water partition coefficient (Wildman–Crippen LogP) is 9.03. The van der Waals surface area contributed by atoms with Crippen molar-refractivity contribution in [1.29, 1.82) is 0 Å². The second-order valence-electron chi connectivity index (χ2n) is 7.96. The van der Waals surface area contributed by atoms with Crippen molar-refractivity contribution in [3.05, 3.63) is 127 Å². The lowest BCUT2D eigenvalue weighted by Crippen LogP contribution is -2.14. The molecule has 1 aliphatic heterocycles. The molecule has 1 heterocycles. The molecule has 0 bridgehead atoms. The molecule has 0 saturated carbocycles. The van der Waals surface area contributed by atoms with Crippen molar-refractivity contribution in [3.63, 3.8) is 0 Å². The van der Waals surface area contributed by atoms with E-state index in [1.807, 2.05) is 17.8 Å². The molecular weight excluding hydrogens is 420 g/mol. The van der Waals surface area contributed by atoms with Gasteiger partial charge >= 0.3 is 0 Å². The van der Waals surface area contributed by atoms with E-state index in [-0.39, 0.29) is 0 Å². The Morgan fingerprint density at radius 2 is 1.09 bits per heavy atom. The number of nitrogens with zero attached hydrogens (tertiary/aromatic N) is 1. The largest absolute Gasteiger partial charge is 0.355 e. The number of hydrogen-bond donors (Lipinski definition) is 1. The molecule has 6 rings (SSSR count). The molecule has 158 valence electrons. The zero-order valence-corrected chi connectivity index (χ0v) is 18.8. The zero-order chi connectivity index (χ0) is 22.0. The van der Waals surface area contributed by atoms with E-state index in [1.165, 1.54) is 32.3 Å². The molecule has 0 amide bonds. The summed E-state index contributed by atoms with van der Waals surface area (Å²) in [5.74, 6) is 0. The predicted molar refractivity (Wildman–Crippen MR) is 140 cm³/mol. The van der Waals surface area contributed by atoms with E-state index in [0.717, 1.165) is 17.1 Å². The van der Waals surface area contributed by atoms with Crippen LogP contribution in [0.3, 0.4) is 0 Å². The molecule has 0 radical (unpaired) electrons. The lowest BCUT2D eigenvalue weighted by atomic mass is 10.0. The van der Waals surface area contributed by atoms with E-state index in [0.29, 0.717) is 0 Å². The summed E-state index contributed by atoms with van der Waals surface area (Å²) in [6, 6.07) is 44.8. The quantitative estimate of drug-likeness (QED) is 0.293.